The van der Waals surface area contributed by atoms with Gasteiger partial charge in [0.2, 0.25) is 0 Å². The molecule has 2 N–H and O–H groups in total. The van der Waals surface area contributed by atoms with Gasteiger partial charge in [-0.2, -0.15) is 5.10 Å². The van der Waals surface area contributed by atoms with Crippen LogP contribution in [0, 0.1) is 5.41 Å². The highest BCUT2D eigenvalue weighted by atomic mass is 16.5. The van der Waals surface area contributed by atoms with Gasteiger partial charge in [-0.3, -0.25) is 14.3 Å². The van der Waals surface area contributed by atoms with Gasteiger partial charge in [-0.05, 0) is 57.7 Å². The van der Waals surface area contributed by atoms with Crippen molar-refractivity contribution in [2.75, 3.05) is 26.4 Å². The molecule has 1 aromatic carbocycles. The van der Waals surface area contributed by atoms with Crippen LogP contribution in [0.25, 0.3) is 0 Å². The number of nitrogens with one attached hydrogen (secondary N) is 2. The number of carbonyl (C=O) groups is 3. The molecular weight excluding hydrogens is 472 g/mol. The van der Waals surface area contributed by atoms with E-state index in [4.69, 9.17) is 14.6 Å². The van der Waals surface area contributed by atoms with Crippen LogP contribution in [0.3, 0.4) is 0 Å². The van der Waals surface area contributed by atoms with Crippen molar-refractivity contribution in [2.45, 2.75) is 72.9 Å². The molecule has 0 radical (unpaired) electrons. The fourth-order valence-electron chi connectivity index (χ4n) is 4.28. The molecule has 1 aliphatic rings. The number of benzene rings is 1. The summed E-state index contributed by atoms with van der Waals surface area (Å²) in [5.41, 5.74) is 2.61. The van der Waals surface area contributed by atoms with E-state index in [9.17, 15) is 14.4 Å². The highest BCUT2D eigenvalue weighted by molar-refractivity contribution is 5.98. The SMILES string of the molecule is CCc1nn(CC(C)(C)COC(=O)c2cccc(C(=O)NC(C)C)c2)c2c1C(=O)NCCCOCCC2. The maximum Gasteiger partial charge on any atom is 0.338 e. The number of aromatic nitrogens is 2. The van der Waals surface area contributed by atoms with Crippen LogP contribution in [-0.2, 0) is 28.9 Å². The van der Waals surface area contributed by atoms with Gasteiger partial charge in [0.05, 0.1) is 29.1 Å². The van der Waals surface area contributed by atoms with E-state index in [2.05, 4.69) is 10.6 Å². The fraction of sp³-hybridized carbons (Fsp3) is 0.571. The molecule has 0 spiro atoms. The Morgan fingerprint density at radius 1 is 1.22 bits per heavy atom. The summed E-state index contributed by atoms with van der Waals surface area (Å²) >= 11 is 0. The molecule has 2 amide bonds. The second-order valence-corrected chi connectivity index (χ2v) is 10.6. The van der Waals surface area contributed by atoms with Gasteiger partial charge in [0, 0.05) is 43.3 Å². The Kier molecular flexibility index (Phi) is 9.86. The van der Waals surface area contributed by atoms with Crippen LogP contribution in [0.15, 0.2) is 24.3 Å². The third-order valence-electron chi connectivity index (χ3n) is 6.10. The zero-order valence-electron chi connectivity index (χ0n) is 22.7. The van der Waals surface area contributed by atoms with Crippen molar-refractivity contribution in [1.29, 1.82) is 0 Å². The van der Waals surface area contributed by atoms with Crippen molar-refractivity contribution in [3.63, 3.8) is 0 Å². The number of esters is 1. The molecule has 0 atom stereocenters. The maximum absolute atomic E-state index is 13.0. The van der Waals surface area contributed by atoms with E-state index < -0.39 is 11.4 Å². The van der Waals surface area contributed by atoms with Crippen LogP contribution < -0.4 is 10.6 Å². The normalized spacial score (nSPS) is 14.9. The first-order chi connectivity index (χ1) is 17.6. The number of aryl methyl sites for hydroxylation is 1. The van der Waals surface area contributed by atoms with E-state index in [1.165, 1.54) is 0 Å². The van der Waals surface area contributed by atoms with E-state index in [0.717, 1.165) is 24.2 Å². The minimum atomic E-state index is -0.488. The number of hydrogen-bond donors (Lipinski definition) is 2. The molecule has 0 bridgehead atoms. The number of ether oxygens (including phenoxy) is 2. The smallest absolute Gasteiger partial charge is 0.338 e. The molecule has 1 aromatic heterocycles. The second-order valence-electron chi connectivity index (χ2n) is 10.6. The van der Waals surface area contributed by atoms with Crippen LogP contribution in [0.2, 0.25) is 0 Å². The molecule has 0 saturated heterocycles. The van der Waals surface area contributed by atoms with Gasteiger partial charge in [-0.1, -0.05) is 26.8 Å². The van der Waals surface area contributed by atoms with Gasteiger partial charge >= 0.3 is 5.97 Å². The highest BCUT2D eigenvalue weighted by Crippen LogP contribution is 2.25. The van der Waals surface area contributed by atoms with Crippen LogP contribution in [0.4, 0.5) is 0 Å². The quantitative estimate of drug-likeness (QED) is 0.523. The molecule has 37 heavy (non-hydrogen) atoms. The lowest BCUT2D eigenvalue weighted by atomic mass is 9.94. The highest BCUT2D eigenvalue weighted by Gasteiger charge is 2.28. The summed E-state index contributed by atoms with van der Waals surface area (Å²) in [6.07, 6.45) is 2.90. The molecule has 9 nitrogen and oxygen atoms in total. The fourth-order valence-corrected chi connectivity index (χ4v) is 4.28. The molecule has 202 valence electrons. The van der Waals surface area contributed by atoms with Gasteiger partial charge < -0.3 is 20.1 Å². The summed E-state index contributed by atoms with van der Waals surface area (Å²) < 4.78 is 13.2. The summed E-state index contributed by atoms with van der Waals surface area (Å²) in [6.45, 7) is 12.2. The zero-order valence-corrected chi connectivity index (χ0v) is 22.7. The van der Waals surface area contributed by atoms with Gasteiger partial charge in [0.25, 0.3) is 11.8 Å². The lowest BCUT2D eigenvalue weighted by Gasteiger charge is -2.25. The molecular formula is C28H40N4O5. The van der Waals surface area contributed by atoms with E-state index in [-0.39, 0.29) is 24.5 Å². The van der Waals surface area contributed by atoms with Gasteiger partial charge in [-0.25, -0.2) is 4.79 Å². The van der Waals surface area contributed by atoms with E-state index in [0.29, 0.717) is 55.8 Å². The summed E-state index contributed by atoms with van der Waals surface area (Å²) in [5.74, 6) is -0.813. The first-order valence-corrected chi connectivity index (χ1v) is 13.1. The Balaban J connectivity index is 1.73. The van der Waals surface area contributed by atoms with Crippen molar-refractivity contribution in [3.8, 4) is 0 Å². The van der Waals surface area contributed by atoms with Crippen LogP contribution in [0.5, 0.6) is 0 Å². The predicted octanol–water partition coefficient (Wildman–Crippen LogP) is 3.55. The molecule has 1 aliphatic heterocycles. The zero-order chi connectivity index (χ0) is 27.0. The van der Waals surface area contributed by atoms with E-state index in [1.54, 1.807) is 24.3 Å². The molecule has 9 heteroatoms. The molecule has 2 heterocycles. The van der Waals surface area contributed by atoms with Crippen LogP contribution in [-0.4, -0.2) is 60.0 Å². The lowest BCUT2D eigenvalue weighted by molar-refractivity contribution is 0.0304. The molecule has 3 rings (SSSR count). The number of carbonyl (C=O) groups excluding carboxylic acids is 3. The van der Waals surface area contributed by atoms with E-state index in [1.807, 2.05) is 39.3 Å². The number of fused-ring (bicyclic) bond motifs is 1. The largest absolute Gasteiger partial charge is 0.461 e. The van der Waals surface area contributed by atoms with Crippen molar-refractivity contribution in [3.05, 3.63) is 52.3 Å². The minimum Gasteiger partial charge on any atom is -0.461 e. The standard InChI is InChI=1S/C28H40N4O5/c1-6-22-24-23(12-8-14-36-15-9-13-29-26(24)34)32(31-22)17-28(4,5)18-37-27(35)21-11-7-10-20(16-21)25(33)30-19(2)3/h7,10-11,16,19H,6,8-9,12-15,17-18H2,1-5H3,(H,29,34)(H,30,33). The van der Waals surface area contributed by atoms with Crippen molar-refractivity contribution >= 4 is 17.8 Å². The van der Waals surface area contributed by atoms with Gasteiger partial charge in [-0.15, -0.1) is 0 Å². The Bertz CT molecular complexity index is 1110. The first kappa shape index (κ1) is 28.4. The monoisotopic (exact) mass is 512 g/mol. The Morgan fingerprint density at radius 2 is 1.95 bits per heavy atom. The van der Waals surface area contributed by atoms with Crippen molar-refractivity contribution < 1.29 is 23.9 Å². The Labute approximate surface area is 219 Å². The van der Waals surface area contributed by atoms with Gasteiger partial charge in [0.1, 0.15) is 0 Å². The maximum atomic E-state index is 13.0. The van der Waals surface area contributed by atoms with Crippen molar-refractivity contribution in [2.24, 2.45) is 5.41 Å². The third kappa shape index (κ3) is 7.89. The summed E-state index contributed by atoms with van der Waals surface area (Å²) in [7, 11) is 0. The molecule has 0 fully saturated rings. The number of hydrogen-bond acceptors (Lipinski definition) is 6. The van der Waals surface area contributed by atoms with Crippen LogP contribution in [0.1, 0.15) is 89.9 Å². The summed E-state index contributed by atoms with van der Waals surface area (Å²) in [6, 6.07) is 6.53. The number of amides is 2. The first-order valence-electron chi connectivity index (χ1n) is 13.1. The Morgan fingerprint density at radius 3 is 2.68 bits per heavy atom. The molecule has 0 aliphatic carbocycles. The average Bonchev–Trinajstić information content (AvgIpc) is 3.18. The summed E-state index contributed by atoms with van der Waals surface area (Å²) in [4.78, 5) is 38.1. The Hall–Kier alpha value is -3.20. The minimum absolute atomic E-state index is 0.00397. The van der Waals surface area contributed by atoms with Crippen LogP contribution >= 0.6 is 0 Å². The average molecular weight is 513 g/mol. The lowest BCUT2D eigenvalue weighted by Crippen LogP contribution is -2.30. The third-order valence-corrected chi connectivity index (χ3v) is 6.10. The van der Waals surface area contributed by atoms with Crippen molar-refractivity contribution in [1.82, 2.24) is 20.4 Å². The number of rotatable bonds is 8. The molecule has 0 saturated carbocycles. The second kappa shape index (κ2) is 12.9. The topological polar surface area (TPSA) is 112 Å². The summed E-state index contributed by atoms with van der Waals surface area (Å²) in [5, 5.41) is 10.6. The molecule has 0 unspecified atom stereocenters. The molecule has 2 aromatic rings. The predicted molar refractivity (Wildman–Crippen MR) is 141 cm³/mol. The van der Waals surface area contributed by atoms with Gasteiger partial charge in [0.15, 0.2) is 0 Å². The van der Waals surface area contributed by atoms with E-state index >= 15 is 0 Å². The number of nitrogens with zero attached hydrogens (tertiary/aromatic N) is 2.